The van der Waals surface area contributed by atoms with Crippen molar-refractivity contribution in [2.24, 2.45) is 0 Å². The van der Waals surface area contributed by atoms with Crippen LogP contribution in [0.5, 0.6) is 0 Å². The first kappa shape index (κ1) is 9.72. The summed E-state index contributed by atoms with van der Waals surface area (Å²) >= 11 is 0. The first-order valence-corrected chi connectivity index (χ1v) is 5.30. The Labute approximate surface area is 87.6 Å². The van der Waals surface area contributed by atoms with Crippen molar-refractivity contribution in [3.63, 3.8) is 0 Å². The highest BCUT2D eigenvalue weighted by atomic mass is 32.2. The Morgan fingerprint density at radius 1 is 1.33 bits per heavy atom. The smallest absolute Gasteiger partial charge is 0.272 e. The molecule has 0 atom stereocenters. The Kier molecular flexibility index (Phi) is 2.20. The number of benzene rings is 1. The molecular formula is C9H8N2O3S. The number of fused-ring (bicyclic) bond motifs is 1. The summed E-state index contributed by atoms with van der Waals surface area (Å²) in [6.45, 7) is 0. The molecular weight excluding hydrogens is 216 g/mol. The summed E-state index contributed by atoms with van der Waals surface area (Å²) in [5.41, 5.74) is 1.70. The second kappa shape index (κ2) is 3.39. The van der Waals surface area contributed by atoms with E-state index in [1.54, 1.807) is 25.2 Å². The van der Waals surface area contributed by atoms with Crippen molar-refractivity contribution in [2.75, 3.05) is 17.7 Å². The van der Waals surface area contributed by atoms with Gasteiger partial charge < -0.3 is 10.6 Å². The summed E-state index contributed by atoms with van der Waals surface area (Å²) in [7, 11) is -0.794. The minimum atomic E-state index is -2.52. The third-order valence-corrected chi connectivity index (χ3v) is 2.91. The fraction of sp³-hybridized carbons (Fsp3) is 0.111. The second-order valence-electron chi connectivity index (χ2n) is 3.03. The van der Waals surface area contributed by atoms with Crippen molar-refractivity contribution in [1.29, 1.82) is 0 Å². The number of nitrogens with one attached hydrogen (secondary N) is 2. The number of carbonyl (C=O) groups excluding carboxylic acids is 1. The standard InChI is InChI=1S/C9H8N2O3S/c1-10-5-2-3-7-6(4-5)8(15(13)14)9(12)11-7/h2-4,10H,1H3,(H,11,12). The van der Waals surface area contributed by atoms with Crippen LogP contribution >= 0.6 is 0 Å². The highest BCUT2D eigenvalue weighted by molar-refractivity contribution is 7.75. The van der Waals surface area contributed by atoms with Crippen molar-refractivity contribution in [3.05, 3.63) is 23.8 Å². The molecule has 5 nitrogen and oxygen atoms in total. The topological polar surface area (TPSA) is 75.3 Å². The van der Waals surface area contributed by atoms with Crippen LogP contribution < -0.4 is 10.6 Å². The van der Waals surface area contributed by atoms with Gasteiger partial charge in [0.15, 0.2) is 4.86 Å². The van der Waals surface area contributed by atoms with E-state index in [2.05, 4.69) is 10.6 Å². The van der Waals surface area contributed by atoms with E-state index in [0.29, 0.717) is 11.3 Å². The van der Waals surface area contributed by atoms with Gasteiger partial charge in [0, 0.05) is 18.3 Å². The van der Waals surface area contributed by atoms with E-state index < -0.39 is 16.2 Å². The van der Waals surface area contributed by atoms with E-state index in [0.717, 1.165) is 5.69 Å². The van der Waals surface area contributed by atoms with Crippen LogP contribution in [0, 0.1) is 0 Å². The molecule has 1 aromatic carbocycles. The zero-order valence-corrected chi connectivity index (χ0v) is 8.68. The first-order chi connectivity index (χ1) is 7.13. The van der Waals surface area contributed by atoms with Gasteiger partial charge in [0.25, 0.3) is 5.91 Å². The van der Waals surface area contributed by atoms with E-state index in [1.165, 1.54) is 0 Å². The van der Waals surface area contributed by atoms with E-state index in [9.17, 15) is 13.2 Å². The maximum Gasteiger partial charge on any atom is 0.272 e. The molecule has 0 fully saturated rings. The molecule has 0 aliphatic carbocycles. The SMILES string of the molecule is CNc1ccc2c(c1)C(=S(=O)=O)C(=O)N2. The molecule has 1 aromatic rings. The molecule has 0 saturated heterocycles. The summed E-state index contributed by atoms with van der Waals surface area (Å²) in [4.78, 5) is 11.1. The van der Waals surface area contributed by atoms with Gasteiger partial charge in [0.05, 0.1) is 5.69 Å². The van der Waals surface area contributed by atoms with E-state index in [1.807, 2.05) is 0 Å². The number of amides is 1. The predicted molar refractivity (Wildman–Crippen MR) is 57.6 cm³/mol. The highest BCUT2D eigenvalue weighted by Crippen LogP contribution is 2.25. The quantitative estimate of drug-likeness (QED) is 0.662. The average molecular weight is 224 g/mol. The van der Waals surface area contributed by atoms with Crippen molar-refractivity contribution < 1.29 is 13.2 Å². The van der Waals surface area contributed by atoms with Gasteiger partial charge in [-0.3, -0.25) is 4.79 Å². The lowest BCUT2D eigenvalue weighted by molar-refractivity contribution is -0.109. The Morgan fingerprint density at radius 3 is 2.67 bits per heavy atom. The van der Waals surface area contributed by atoms with Gasteiger partial charge in [-0.25, -0.2) is 0 Å². The van der Waals surface area contributed by atoms with Gasteiger partial charge >= 0.3 is 0 Å². The Morgan fingerprint density at radius 2 is 2.07 bits per heavy atom. The number of hydrogen-bond donors (Lipinski definition) is 2. The molecule has 1 heterocycles. The van der Waals surface area contributed by atoms with Crippen LogP contribution in [0.3, 0.4) is 0 Å². The highest BCUT2D eigenvalue weighted by Gasteiger charge is 2.27. The molecule has 0 aromatic heterocycles. The lowest BCUT2D eigenvalue weighted by atomic mass is 10.1. The summed E-state index contributed by atoms with van der Waals surface area (Å²) in [5.74, 6) is -0.577. The largest absolute Gasteiger partial charge is 0.388 e. The molecule has 0 spiro atoms. The van der Waals surface area contributed by atoms with Crippen LogP contribution in [0.1, 0.15) is 5.56 Å². The molecule has 78 valence electrons. The molecule has 0 saturated carbocycles. The molecule has 1 aliphatic rings. The van der Waals surface area contributed by atoms with Crippen molar-refractivity contribution in [2.45, 2.75) is 0 Å². The minimum absolute atomic E-state index is 0.206. The van der Waals surface area contributed by atoms with Crippen molar-refractivity contribution in [1.82, 2.24) is 0 Å². The average Bonchev–Trinajstić information content (AvgIpc) is 2.52. The van der Waals surface area contributed by atoms with Gasteiger partial charge in [0.2, 0.25) is 10.3 Å². The van der Waals surface area contributed by atoms with E-state index >= 15 is 0 Å². The van der Waals surface area contributed by atoms with Gasteiger partial charge in [0.1, 0.15) is 0 Å². The van der Waals surface area contributed by atoms with Crippen LogP contribution in [-0.2, 0) is 15.1 Å². The van der Waals surface area contributed by atoms with Crippen molar-refractivity contribution >= 4 is 32.4 Å². The number of anilines is 2. The minimum Gasteiger partial charge on any atom is -0.388 e. The number of hydrogen-bond acceptors (Lipinski definition) is 4. The van der Waals surface area contributed by atoms with Gasteiger partial charge in [-0.05, 0) is 18.2 Å². The van der Waals surface area contributed by atoms with Crippen LogP contribution in [0.4, 0.5) is 11.4 Å². The number of carbonyl (C=O) groups is 1. The maximum absolute atomic E-state index is 11.3. The summed E-state index contributed by atoms with van der Waals surface area (Å²) in [6.07, 6.45) is 0. The van der Waals surface area contributed by atoms with Crippen molar-refractivity contribution in [3.8, 4) is 0 Å². The summed E-state index contributed by atoms with van der Waals surface area (Å²) < 4.78 is 21.7. The lowest BCUT2D eigenvalue weighted by Crippen LogP contribution is -2.14. The monoisotopic (exact) mass is 224 g/mol. The zero-order valence-electron chi connectivity index (χ0n) is 7.87. The second-order valence-corrected chi connectivity index (χ2v) is 3.91. The first-order valence-electron chi connectivity index (χ1n) is 4.23. The van der Waals surface area contributed by atoms with Crippen LogP contribution in [0.25, 0.3) is 0 Å². The predicted octanol–water partition coefficient (Wildman–Crippen LogP) is 0.0800. The Hall–Kier alpha value is -1.82. The Balaban J connectivity index is 2.72. The molecule has 1 aliphatic heterocycles. The Bertz CT molecular complexity index is 567. The summed E-state index contributed by atoms with van der Waals surface area (Å²) in [5, 5.41) is 5.36. The maximum atomic E-state index is 11.3. The molecule has 2 rings (SSSR count). The number of rotatable bonds is 1. The van der Waals surface area contributed by atoms with Crippen LogP contribution in [-0.4, -0.2) is 26.2 Å². The van der Waals surface area contributed by atoms with Gasteiger partial charge in [-0.1, -0.05) is 0 Å². The molecule has 2 N–H and O–H groups in total. The van der Waals surface area contributed by atoms with E-state index in [4.69, 9.17) is 0 Å². The fourth-order valence-corrected chi connectivity index (χ4v) is 2.01. The molecule has 0 radical (unpaired) electrons. The third kappa shape index (κ3) is 1.48. The van der Waals surface area contributed by atoms with E-state index in [-0.39, 0.29) is 4.86 Å². The fourth-order valence-electron chi connectivity index (χ4n) is 1.46. The van der Waals surface area contributed by atoms with Crippen LogP contribution in [0.15, 0.2) is 18.2 Å². The molecule has 15 heavy (non-hydrogen) atoms. The molecule has 0 unspecified atom stereocenters. The summed E-state index contributed by atoms with van der Waals surface area (Å²) in [6, 6.07) is 5.05. The van der Waals surface area contributed by atoms with Crippen LogP contribution in [0.2, 0.25) is 0 Å². The van der Waals surface area contributed by atoms with Gasteiger partial charge in [-0.15, -0.1) is 0 Å². The molecule has 6 heteroatoms. The molecule has 1 amide bonds. The van der Waals surface area contributed by atoms with Gasteiger partial charge in [-0.2, -0.15) is 8.42 Å². The normalized spacial score (nSPS) is 13.4. The lowest BCUT2D eigenvalue weighted by Gasteiger charge is -2.01. The third-order valence-electron chi connectivity index (χ3n) is 2.17. The zero-order chi connectivity index (χ0) is 11.0. The molecule has 0 bridgehead atoms.